The third-order valence-electron chi connectivity index (χ3n) is 13.4. The zero-order valence-corrected chi connectivity index (χ0v) is 36.5. The van der Waals surface area contributed by atoms with Gasteiger partial charge in [0.2, 0.25) is 0 Å². The fourth-order valence-electron chi connectivity index (χ4n) is 10.4. The number of furan rings is 1. The predicted octanol–water partition coefficient (Wildman–Crippen LogP) is 16.4. The molecule has 306 valence electrons. The number of nitrogens with zero attached hydrogens (tertiary/aromatic N) is 3. The minimum absolute atomic E-state index is 0.119. The van der Waals surface area contributed by atoms with E-state index in [0.717, 1.165) is 66.3 Å². The molecule has 3 heterocycles. The van der Waals surface area contributed by atoms with Crippen LogP contribution in [0.1, 0.15) is 25.0 Å². The van der Waals surface area contributed by atoms with Crippen LogP contribution in [0.3, 0.4) is 0 Å². The first-order chi connectivity index (χ1) is 32.0. The van der Waals surface area contributed by atoms with Gasteiger partial charge in [0.15, 0.2) is 17.5 Å². The molecule has 0 N–H and O–H groups in total. The van der Waals surface area contributed by atoms with Gasteiger partial charge in [-0.1, -0.05) is 178 Å². The van der Waals surface area contributed by atoms with E-state index in [4.69, 9.17) is 19.4 Å². The molecule has 0 atom stereocenters. The van der Waals surface area contributed by atoms with Gasteiger partial charge in [0.05, 0.1) is 0 Å². The van der Waals surface area contributed by atoms with E-state index in [9.17, 15) is 0 Å². The molecule has 0 aliphatic heterocycles. The summed E-state index contributed by atoms with van der Waals surface area (Å²) in [5, 5.41) is 4.33. The molecule has 4 nitrogen and oxygen atoms in total. The van der Waals surface area contributed by atoms with Crippen molar-refractivity contribution in [2.24, 2.45) is 0 Å². The Morgan fingerprint density at radius 1 is 0.369 bits per heavy atom. The Labute approximate surface area is 380 Å². The van der Waals surface area contributed by atoms with E-state index < -0.39 is 0 Å². The molecule has 0 unspecified atom stereocenters. The molecule has 13 rings (SSSR count). The lowest BCUT2D eigenvalue weighted by atomic mass is 9.78. The van der Waals surface area contributed by atoms with E-state index in [0.29, 0.717) is 17.5 Å². The van der Waals surface area contributed by atoms with E-state index in [1.807, 2.05) is 18.2 Å². The molecule has 12 aromatic rings. The fourth-order valence-corrected chi connectivity index (χ4v) is 11.5. The normalized spacial score (nSPS) is 12.9. The number of rotatable bonds is 6. The molecule has 9 aromatic carbocycles. The van der Waals surface area contributed by atoms with Crippen molar-refractivity contribution < 1.29 is 4.42 Å². The van der Waals surface area contributed by atoms with Crippen molar-refractivity contribution >= 4 is 53.4 Å². The molecule has 65 heavy (non-hydrogen) atoms. The van der Waals surface area contributed by atoms with Gasteiger partial charge >= 0.3 is 0 Å². The first-order valence-electron chi connectivity index (χ1n) is 22.1. The van der Waals surface area contributed by atoms with E-state index in [1.54, 1.807) is 11.3 Å². The molecule has 0 radical (unpaired) electrons. The van der Waals surface area contributed by atoms with Gasteiger partial charge in [0.25, 0.3) is 0 Å². The lowest BCUT2D eigenvalue weighted by Gasteiger charge is -2.24. The molecule has 0 fully saturated rings. The van der Waals surface area contributed by atoms with Gasteiger partial charge in [-0.15, -0.1) is 11.3 Å². The summed E-state index contributed by atoms with van der Waals surface area (Å²) < 4.78 is 9.06. The number of hydrogen-bond acceptors (Lipinski definition) is 5. The van der Waals surface area contributed by atoms with Crippen molar-refractivity contribution in [3.63, 3.8) is 0 Å². The quantitative estimate of drug-likeness (QED) is 0.167. The first kappa shape index (κ1) is 37.6. The molecule has 1 aliphatic carbocycles. The Bertz CT molecular complexity index is 3880. The summed E-state index contributed by atoms with van der Waals surface area (Å²) >= 11 is 1.79. The average Bonchev–Trinajstić information content (AvgIpc) is 4.01. The largest absolute Gasteiger partial charge is 0.456 e. The van der Waals surface area contributed by atoms with Gasteiger partial charge in [0, 0.05) is 53.1 Å². The second kappa shape index (κ2) is 14.5. The molecular formula is C60H39N3OS. The molecule has 1 aliphatic rings. The van der Waals surface area contributed by atoms with E-state index in [-0.39, 0.29) is 5.41 Å². The summed E-state index contributed by atoms with van der Waals surface area (Å²) in [5.41, 5.74) is 16.6. The maximum Gasteiger partial charge on any atom is 0.164 e. The highest BCUT2D eigenvalue weighted by molar-refractivity contribution is 7.25. The number of hydrogen-bond donors (Lipinski definition) is 0. The minimum atomic E-state index is -0.119. The van der Waals surface area contributed by atoms with Crippen LogP contribution in [0.4, 0.5) is 0 Å². The highest BCUT2D eigenvalue weighted by Gasteiger charge is 2.37. The fraction of sp³-hybridized carbons (Fsp3) is 0.0500. The molecule has 0 saturated heterocycles. The molecular weight excluding hydrogens is 811 g/mol. The maximum absolute atomic E-state index is 6.63. The van der Waals surface area contributed by atoms with Crippen LogP contribution in [0.2, 0.25) is 0 Å². The standard InChI is InChI=1S/C60H39N3OS/c1-60(2)49-28-10-8-21-42(49)43-25-13-24-41(56(43)60)39-19-12-18-37(34-39)38-32-33-50-48(35-38)54-46(26-14-29-51(54)64-50)58-61-57(44-22-7-6-20-40(44)36-16-4-3-5-17-36)62-59(63-58)47-27-15-31-53-55(47)45-23-9-11-30-52(45)65-53/h3-35H,1-2H3. The molecule has 0 bridgehead atoms. The van der Waals surface area contributed by atoms with Gasteiger partial charge in [-0.2, -0.15) is 0 Å². The zero-order chi connectivity index (χ0) is 43.2. The topological polar surface area (TPSA) is 51.8 Å². The summed E-state index contributed by atoms with van der Waals surface area (Å²) in [6.07, 6.45) is 0. The van der Waals surface area contributed by atoms with Crippen molar-refractivity contribution in [3.05, 3.63) is 211 Å². The minimum Gasteiger partial charge on any atom is -0.456 e. The highest BCUT2D eigenvalue weighted by Crippen LogP contribution is 2.52. The van der Waals surface area contributed by atoms with Crippen molar-refractivity contribution in [2.45, 2.75) is 19.3 Å². The van der Waals surface area contributed by atoms with Crippen LogP contribution in [0.15, 0.2) is 205 Å². The van der Waals surface area contributed by atoms with Gasteiger partial charge in [-0.25, -0.2) is 15.0 Å². The predicted molar refractivity (Wildman–Crippen MR) is 270 cm³/mol. The summed E-state index contributed by atoms with van der Waals surface area (Å²) in [4.78, 5) is 16.1. The Balaban J connectivity index is 0.997. The van der Waals surface area contributed by atoms with Crippen molar-refractivity contribution in [1.82, 2.24) is 15.0 Å². The summed E-state index contributed by atoms with van der Waals surface area (Å²) in [6.45, 7) is 4.71. The van der Waals surface area contributed by atoms with Gasteiger partial charge in [-0.3, -0.25) is 0 Å². The third-order valence-corrected chi connectivity index (χ3v) is 14.5. The van der Waals surface area contributed by atoms with Gasteiger partial charge in [0.1, 0.15) is 11.2 Å². The molecule has 5 heteroatoms. The molecule has 0 amide bonds. The monoisotopic (exact) mass is 849 g/mol. The van der Waals surface area contributed by atoms with Crippen LogP contribution < -0.4 is 0 Å². The highest BCUT2D eigenvalue weighted by atomic mass is 32.1. The van der Waals surface area contributed by atoms with Crippen LogP contribution >= 0.6 is 11.3 Å². The summed E-state index contributed by atoms with van der Waals surface area (Å²) in [6, 6.07) is 71.2. The molecule has 0 saturated carbocycles. The van der Waals surface area contributed by atoms with Gasteiger partial charge in [-0.05, 0) is 92.0 Å². The molecule has 3 aromatic heterocycles. The van der Waals surface area contributed by atoms with E-state index in [2.05, 4.69) is 196 Å². The van der Waals surface area contributed by atoms with E-state index in [1.165, 1.54) is 48.2 Å². The second-order valence-corrected chi connectivity index (χ2v) is 18.5. The maximum atomic E-state index is 6.63. The van der Waals surface area contributed by atoms with Crippen molar-refractivity contribution in [3.8, 4) is 78.7 Å². The van der Waals surface area contributed by atoms with Crippen LogP contribution in [0.25, 0.3) is 121 Å². The van der Waals surface area contributed by atoms with Gasteiger partial charge < -0.3 is 4.42 Å². The summed E-state index contributed by atoms with van der Waals surface area (Å²) in [7, 11) is 0. The van der Waals surface area contributed by atoms with Crippen LogP contribution in [0, 0.1) is 0 Å². The Kier molecular flexibility index (Phi) is 8.39. The smallest absolute Gasteiger partial charge is 0.164 e. The lowest BCUT2D eigenvalue weighted by Crippen LogP contribution is -2.16. The number of fused-ring (bicyclic) bond motifs is 9. The lowest BCUT2D eigenvalue weighted by molar-refractivity contribution is 0.662. The number of benzene rings is 9. The van der Waals surface area contributed by atoms with Crippen molar-refractivity contribution in [1.29, 1.82) is 0 Å². The number of aromatic nitrogens is 3. The van der Waals surface area contributed by atoms with Crippen molar-refractivity contribution in [2.75, 3.05) is 0 Å². The second-order valence-electron chi connectivity index (χ2n) is 17.5. The van der Waals surface area contributed by atoms with Crippen LogP contribution in [-0.2, 0) is 5.41 Å². The SMILES string of the molecule is CC1(C)c2ccccc2-c2cccc(-c3cccc(-c4ccc5oc6cccc(-c7nc(-c8ccccc8-c8ccccc8)nc(-c8cccc9sc%10ccccc%10c89)n7)c6c5c4)c3)c21. The average molecular weight is 850 g/mol. The Morgan fingerprint density at radius 3 is 1.78 bits per heavy atom. The zero-order valence-electron chi connectivity index (χ0n) is 35.7. The third kappa shape index (κ3) is 5.93. The Morgan fingerprint density at radius 2 is 0.938 bits per heavy atom. The molecule has 0 spiro atoms. The van der Waals surface area contributed by atoms with Crippen LogP contribution in [0.5, 0.6) is 0 Å². The van der Waals surface area contributed by atoms with Crippen LogP contribution in [-0.4, -0.2) is 15.0 Å². The number of thiophene rings is 1. The summed E-state index contributed by atoms with van der Waals surface area (Å²) in [5.74, 6) is 1.83. The first-order valence-corrected chi connectivity index (χ1v) is 22.9. The Hall–Kier alpha value is -7.99. The van der Waals surface area contributed by atoms with E-state index >= 15 is 0 Å².